The zero-order valence-electron chi connectivity index (χ0n) is 10.3. The molecule has 0 N–H and O–H groups in total. The predicted octanol–water partition coefficient (Wildman–Crippen LogP) is 3.92. The third kappa shape index (κ3) is 2.59. The third-order valence-corrected chi connectivity index (χ3v) is 2.81. The number of hydrogen-bond acceptors (Lipinski definition) is 1. The molecule has 1 unspecified atom stereocenters. The van der Waals surface area contributed by atoms with Crippen LogP contribution in [0.25, 0.3) is 0 Å². The van der Waals surface area contributed by atoms with Crippen LogP contribution in [0.4, 0.5) is 0 Å². The van der Waals surface area contributed by atoms with Crippen molar-refractivity contribution in [3.8, 4) is 6.07 Å². The molecule has 1 nitrogen and oxygen atoms in total. The van der Waals surface area contributed by atoms with E-state index in [0.29, 0.717) is 0 Å². The van der Waals surface area contributed by atoms with Gasteiger partial charge in [0.15, 0.2) is 0 Å². The molecule has 1 aromatic carbocycles. The molecule has 1 rings (SSSR count). The second-order valence-electron chi connectivity index (χ2n) is 5.17. The Morgan fingerprint density at radius 3 is 2.33 bits per heavy atom. The quantitative estimate of drug-likeness (QED) is 0.675. The first-order valence-electron chi connectivity index (χ1n) is 5.37. The van der Waals surface area contributed by atoms with Gasteiger partial charge in [0.2, 0.25) is 0 Å². The molecule has 0 saturated heterocycles. The standard InChI is InChI=1S/C14H19N/c1-10-6-7-12(14(3,4)5)8-13(10)11(2)9-15/h6-8,11H,1-5H3. The molecule has 0 saturated carbocycles. The Kier molecular flexibility index (Phi) is 3.19. The van der Waals surface area contributed by atoms with Crippen LogP contribution in [0.5, 0.6) is 0 Å². The van der Waals surface area contributed by atoms with Gasteiger partial charge in [0.25, 0.3) is 0 Å². The van der Waals surface area contributed by atoms with Crippen LogP contribution in [0.15, 0.2) is 18.2 Å². The van der Waals surface area contributed by atoms with Crippen LogP contribution < -0.4 is 0 Å². The SMILES string of the molecule is Cc1ccc(C(C)(C)C)cc1C(C)C#N. The first-order valence-corrected chi connectivity index (χ1v) is 5.37. The maximum Gasteiger partial charge on any atom is 0.0701 e. The number of benzene rings is 1. The van der Waals surface area contributed by atoms with E-state index in [2.05, 4.69) is 52.0 Å². The van der Waals surface area contributed by atoms with E-state index in [1.165, 1.54) is 11.1 Å². The lowest BCUT2D eigenvalue weighted by Crippen LogP contribution is -2.12. The summed E-state index contributed by atoms with van der Waals surface area (Å²) in [5, 5.41) is 8.96. The van der Waals surface area contributed by atoms with Gasteiger partial charge in [0.1, 0.15) is 0 Å². The van der Waals surface area contributed by atoms with Gasteiger partial charge in [0, 0.05) is 0 Å². The number of rotatable bonds is 1. The van der Waals surface area contributed by atoms with Gasteiger partial charge in [-0.15, -0.1) is 0 Å². The zero-order valence-corrected chi connectivity index (χ0v) is 10.3. The van der Waals surface area contributed by atoms with E-state index in [1.807, 2.05) is 6.92 Å². The normalized spacial score (nSPS) is 13.3. The Morgan fingerprint density at radius 1 is 1.27 bits per heavy atom. The molecule has 0 radical (unpaired) electrons. The van der Waals surface area contributed by atoms with Crippen LogP contribution in [0.1, 0.15) is 50.3 Å². The van der Waals surface area contributed by atoms with Crippen LogP contribution in [0.3, 0.4) is 0 Å². The molecule has 0 aromatic heterocycles. The van der Waals surface area contributed by atoms with E-state index in [9.17, 15) is 0 Å². The highest BCUT2D eigenvalue weighted by molar-refractivity contribution is 5.38. The number of hydrogen-bond donors (Lipinski definition) is 0. The molecule has 0 aliphatic rings. The van der Waals surface area contributed by atoms with Crippen molar-refractivity contribution in [2.24, 2.45) is 0 Å². The molecule has 0 aliphatic carbocycles. The molecule has 80 valence electrons. The molecule has 0 spiro atoms. The van der Waals surface area contributed by atoms with E-state index >= 15 is 0 Å². The Labute approximate surface area is 92.7 Å². The molecule has 1 heteroatoms. The van der Waals surface area contributed by atoms with Gasteiger partial charge in [-0.3, -0.25) is 0 Å². The number of nitrogens with zero attached hydrogens (tertiary/aromatic N) is 1. The van der Waals surface area contributed by atoms with Gasteiger partial charge in [-0.25, -0.2) is 0 Å². The fourth-order valence-electron chi connectivity index (χ4n) is 1.64. The highest BCUT2D eigenvalue weighted by Gasteiger charge is 2.16. The van der Waals surface area contributed by atoms with Crippen molar-refractivity contribution in [1.29, 1.82) is 5.26 Å². The van der Waals surface area contributed by atoms with Crippen molar-refractivity contribution in [3.63, 3.8) is 0 Å². The predicted molar refractivity (Wildman–Crippen MR) is 63.9 cm³/mol. The lowest BCUT2D eigenvalue weighted by atomic mass is 9.83. The lowest BCUT2D eigenvalue weighted by molar-refractivity contribution is 0.589. The summed E-state index contributed by atoms with van der Waals surface area (Å²) in [6, 6.07) is 8.74. The van der Waals surface area contributed by atoms with Gasteiger partial charge >= 0.3 is 0 Å². The van der Waals surface area contributed by atoms with Crippen LogP contribution in [0, 0.1) is 18.3 Å². The minimum absolute atomic E-state index is 0.0210. The molecule has 0 amide bonds. The van der Waals surface area contributed by atoms with Crippen LogP contribution >= 0.6 is 0 Å². The summed E-state index contributed by atoms with van der Waals surface area (Å²) >= 11 is 0. The number of nitriles is 1. The minimum Gasteiger partial charge on any atom is -0.198 e. The summed E-state index contributed by atoms with van der Waals surface area (Å²) in [7, 11) is 0. The van der Waals surface area contributed by atoms with Crippen LogP contribution in [0.2, 0.25) is 0 Å². The first kappa shape index (κ1) is 11.8. The van der Waals surface area contributed by atoms with Crippen LogP contribution in [-0.2, 0) is 5.41 Å². The molecule has 0 heterocycles. The summed E-state index contributed by atoms with van der Waals surface area (Å²) < 4.78 is 0. The van der Waals surface area contributed by atoms with Gasteiger partial charge in [-0.2, -0.15) is 5.26 Å². The topological polar surface area (TPSA) is 23.8 Å². The van der Waals surface area contributed by atoms with Gasteiger partial charge in [0.05, 0.1) is 12.0 Å². The van der Waals surface area contributed by atoms with Crippen molar-refractivity contribution in [2.45, 2.75) is 46.0 Å². The fourth-order valence-corrected chi connectivity index (χ4v) is 1.64. The van der Waals surface area contributed by atoms with Crippen molar-refractivity contribution >= 4 is 0 Å². The van der Waals surface area contributed by atoms with Crippen molar-refractivity contribution in [1.82, 2.24) is 0 Å². The van der Waals surface area contributed by atoms with Crippen LogP contribution in [-0.4, -0.2) is 0 Å². The highest BCUT2D eigenvalue weighted by Crippen LogP contribution is 2.27. The minimum atomic E-state index is -0.0210. The third-order valence-electron chi connectivity index (χ3n) is 2.81. The van der Waals surface area contributed by atoms with E-state index in [4.69, 9.17) is 5.26 Å². The lowest BCUT2D eigenvalue weighted by Gasteiger charge is -2.21. The van der Waals surface area contributed by atoms with Gasteiger partial charge in [-0.1, -0.05) is 39.0 Å². The Balaban J connectivity index is 3.24. The Morgan fingerprint density at radius 2 is 1.87 bits per heavy atom. The van der Waals surface area contributed by atoms with Crippen molar-refractivity contribution in [3.05, 3.63) is 34.9 Å². The van der Waals surface area contributed by atoms with E-state index in [-0.39, 0.29) is 11.3 Å². The van der Waals surface area contributed by atoms with Crippen molar-refractivity contribution in [2.75, 3.05) is 0 Å². The molecule has 1 aromatic rings. The molecular weight excluding hydrogens is 182 g/mol. The zero-order chi connectivity index (χ0) is 11.6. The largest absolute Gasteiger partial charge is 0.198 e. The van der Waals surface area contributed by atoms with E-state index in [1.54, 1.807) is 0 Å². The molecule has 0 bridgehead atoms. The maximum absolute atomic E-state index is 8.96. The average molecular weight is 201 g/mol. The summed E-state index contributed by atoms with van der Waals surface area (Å²) in [6.07, 6.45) is 0. The second kappa shape index (κ2) is 4.06. The smallest absolute Gasteiger partial charge is 0.0701 e. The summed E-state index contributed by atoms with van der Waals surface area (Å²) in [5.41, 5.74) is 3.81. The van der Waals surface area contributed by atoms with E-state index in [0.717, 1.165) is 5.56 Å². The molecule has 1 atom stereocenters. The summed E-state index contributed by atoms with van der Waals surface area (Å²) in [4.78, 5) is 0. The second-order valence-corrected chi connectivity index (χ2v) is 5.17. The average Bonchev–Trinajstić information content (AvgIpc) is 2.15. The Bertz CT molecular complexity index is 391. The van der Waals surface area contributed by atoms with E-state index < -0.39 is 0 Å². The molecule has 0 fully saturated rings. The van der Waals surface area contributed by atoms with Gasteiger partial charge < -0.3 is 0 Å². The Hall–Kier alpha value is -1.29. The fraction of sp³-hybridized carbons (Fsp3) is 0.500. The molecular formula is C14H19N. The number of aryl methyl sites for hydroxylation is 1. The molecule has 15 heavy (non-hydrogen) atoms. The van der Waals surface area contributed by atoms with Crippen molar-refractivity contribution < 1.29 is 0 Å². The summed E-state index contributed by atoms with van der Waals surface area (Å²) in [5.74, 6) is -0.0210. The monoisotopic (exact) mass is 201 g/mol. The molecule has 0 aliphatic heterocycles. The maximum atomic E-state index is 8.96. The highest BCUT2D eigenvalue weighted by atomic mass is 14.3. The summed E-state index contributed by atoms with van der Waals surface area (Å²) in [6.45, 7) is 10.6. The first-order chi connectivity index (χ1) is 6.86. The van der Waals surface area contributed by atoms with Gasteiger partial charge in [-0.05, 0) is 36.0 Å².